The van der Waals surface area contributed by atoms with Crippen molar-refractivity contribution in [1.29, 1.82) is 0 Å². The topological polar surface area (TPSA) is 44.8 Å². The largest absolute Gasteiger partial charge is 0.490 e. The van der Waals surface area contributed by atoms with E-state index in [0.29, 0.717) is 14.3 Å². The Kier molecular flexibility index (Phi) is 5.47. The first-order valence-corrected chi connectivity index (χ1v) is 7.51. The Hall–Kier alpha value is -1.54. The third-order valence-corrected chi connectivity index (χ3v) is 3.83. The molecule has 0 spiro atoms. The van der Waals surface area contributed by atoms with Gasteiger partial charge in [0.05, 0.1) is 17.8 Å². The van der Waals surface area contributed by atoms with E-state index < -0.39 is 11.8 Å². The molecule has 2 aromatic rings. The molecule has 4 nitrogen and oxygen atoms in total. The molecule has 0 atom stereocenters. The summed E-state index contributed by atoms with van der Waals surface area (Å²) in [6.45, 7) is 0. The number of benzene rings is 2. The van der Waals surface area contributed by atoms with Gasteiger partial charge in [-0.2, -0.15) is 0 Å². The molecule has 116 valence electrons. The standard InChI is InChI=1S/C15H11ClFIO4/c1-20-14-12(17)10(15(19)21-2)7-11(18)13(14)22-9-5-3-8(16)4-6-9/h3-7H,1-2H3. The summed E-state index contributed by atoms with van der Waals surface area (Å²) in [5.41, 5.74) is -0.216. The van der Waals surface area contributed by atoms with Crippen LogP contribution in [0, 0.1) is 9.39 Å². The first kappa shape index (κ1) is 16.8. The third kappa shape index (κ3) is 3.44. The van der Waals surface area contributed by atoms with E-state index >= 15 is 0 Å². The van der Waals surface area contributed by atoms with Crippen molar-refractivity contribution in [3.63, 3.8) is 0 Å². The maximum absolute atomic E-state index is 14.4. The van der Waals surface area contributed by atoms with Gasteiger partial charge in [0.2, 0.25) is 0 Å². The van der Waals surface area contributed by atoms with Crippen molar-refractivity contribution >= 4 is 40.2 Å². The summed E-state index contributed by atoms with van der Waals surface area (Å²) in [6, 6.07) is 7.92. The summed E-state index contributed by atoms with van der Waals surface area (Å²) in [6.07, 6.45) is 0. The molecule has 2 rings (SSSR count). The molecule has 0 heterocycles. The van der Waals surface area contributed by atoms with Crippen LogP contribution in [0.15, 0.2) is 30.3 Å². The molecule has 0 bridgehead atoms. The maximum Gasteiger partial charge on any atom is 0.341 e. The molecule has 0 saturated heterocycles. The summed E-state index contributed by atoms with van der Waals surface area (Å²) in [5, 5.41) is 0.557. The highest BCUT2D eigenvalue weighted by molar-refractivity contribution is 14.1. The fourth-order valence-corrected chi connectivity index (χ4v) is 2.53. The highest BCUT2D eigenvalue weighted by Gasteiger charge is 2.24. The van der Waals surface area contributed by atoms with E-state index in [1.54, 1.807) is 24.3 Å². The Morgan fingerprint density at radius 2 is 1.82 bits per heavy atom. The maximum atomic E-state index is 14.4. The zero-order valence-electron chi connectivity index (χ0n) is 11.7. The molecule has 0 N–H and O–H groups in total. The van der Waals surface area contributed by atoms with Gasteiger partial charge in [-0.05, 0) is 52.9 Å². The lowest BCUT2D eigenvalue weighted by Crippen LogP contribution is -2.08. The Bertz CT molecular complexity index is 704. The summed E-state index contributed by atoms with van der Waals surface area (Å²) < 4.78 is 30.1. The van der Waals surface area contributed by atoms with Gasteiger partial charge in [-0.25, -0.2) is 9.18 Å². The number of hydrogen-bond acceptors (Lipinski definition) is 4. The average Bonchev–Trinajstić information content (AvgIpc) is 2.52. The van der Waals surface area contributed by atoms with E-state index in [-0.39, 0.29) is 17.1 Å². The Labute approximate surface area is 145 Å². The second-order valence-electron chi connectivity index (χ2n) is 4.13. The van der Waals surface area contributed by atoms with Crippen LogP contribution < -0.4 is 9.47 Å². The summed E-state index contributed by atoms with van der Waals surface area (Å²) in [7, 11) is 2.48. The lowest BCUT2D eigenvalue weighted by atomic mass is 10.2. The predicted molar refractivity (Wildman–Crippen MR) is 88.5 cm³/mol. The number of carbonyl (C=O) groups excluding carboxylic acids is 1. The van der Waals surface area contributed by atoms with E-state index in [1.807, 2.05) is 22.6 Å². The van der Waals surface area contributed by atoms with Crippen molar-refractivity contribution in [3.05, 3.63) is 50.3 Å². The molecule has 0 saturated carbocycles. The third-order valence-electron chi connectivity index (χ3n) is 2.77. The molecule has 0 aliphatic heterocycles. The van der Waals surface area contributed by atoms with E-state index in [1.165, 1.54) is 20.3 Å². The molecule has 22 heavy (non-hydrogen) atoms. The molecule has 0 fully saturated rings. The van der Waals surface area contributed by atoms with Crippen LogP contribution in [0.3, 0.4) is 0 Å². The van der Waals surface area contributed by atoms with Crippen molar-refractivity contribution in [2.45, 2.75) is 0 Å². The Morgan fingerprint density at radius 3 is 2.36 bits per heavy atom. The second-order valence-corrected chi connectivity index (χ2v) is 5.73. The first-order valence-electron chi connectivity index (χ1n) is 6.05. The van der Waals surface area contributed by atoms with Crippen LogP contribution in [0.1, 0.15) is 10.4 Å². The smallest absolute Gasteiger partial charge is 0.341 e. The van der Waals surface area contributed by atoms with Gasteiger partial charge in [0, 0.05) is 5.02 Å². The van der Waals surface area contributed by atoms with Crippen LogP contribution in [0.2, 0.25) is 5.02 Å². The van der Waals surface area contributed by atoms with E-state index in [9.17, 15) is 9.18 Å². The van der Waals surface area contributed by atoms with Gasteiger partial charge >= 0.3 is 5.97 Å². The van der Waals surface area contributed by atoms with Crippen molar-refractivity contribution in [2.75, 3.05) is 14.2 Å². The Morgan fingerprint density at radius 1 is 1.18 bits per heavy atom. The van der Waals surface area contributed by atoms with Gasteiger partial charge < -0.3 is 14.2 Å². The molecule has 2 aromatic carbocycles. The average molecular weight is 437 g/mol. The van der Waals surface area contributed by atoms with Crippen LogP contribution >= 0.6 is 34.2 Å². The fourth-order valence-electron chi connectivity index (χ4n) is 1.74. The number of hydrogen-bond donors (Lipinski definition) is 0. The minimum absolute atomic E-state index is 0.165. The zero-order chi connectivity index (χ0) is 16.3. The molecular formula is C15H11ClFIO4. The number of halogens is 3. The van der Waals surface area contributed by atoms with Crippen molar-refractivity contribution in [1.82, 2.24) is 0 Å². The van der Waals surface area contributed by atoms with Gasteiger partial charge in [0.1, 0.15) is 11.3 Å². The van der Waals surface area contributed by atoms with Crippen molar-refractivity contribution < 1.29 is 23.4 Å². The first-order chi connectivity index (χ1) is 10.5. The van der Waals surface area contributed by atoms with Crippen molar-refractivity contribution in [2.24, 2.45) is 0 Å². The van der Waals surface area contributed by atoms with Crippen LogP contribution in [-0.4, -0.2) is 20.2 Å². The zero-order valence-corrected chi connectivity index (χ0v) is 14.6. The fraction of sp³-hybridized carbons (Fsp3) is 0.133. The molecular weight excluding hydrogens is 426 g/mol. The number of rotatable bonds is 4. The summed E-state index contributed by atoms with van der Waals surface area (Å²) in [5.74, 6) is -1.14. The lowest BCUT2D eigenvalue weighted by Gasteiger charge is -2.15. The normalized spacial score (nSPS) is 10.2. The highest BCUT2D eigenvalue weighted by Crippen LogP contribution is 2.40. The van der Waals surface area contributed by atoms with Gasteiger partial charge in [-0.1, -0.05) is 11.6 Å². The molecule has 0 unspecified atom stereocenters. The van der Waals surface area contributed by atoms with Crippen LogP contribution in [0.5, 0.6) is 17.2 Å². The highest BCUT2D eigenvalue weighted by atomic mass is 127. The van der Waals surface area contributed by atoms with Crippen LogP contribution in [-0.2, 0) is 4.74 Å². The number of esters is 1. The van der Waals surface area contributed by atoms with Gasteiger partial charge in [0.15, 0.2) is 17.3 Å². The van der Waals surface area contributed by atoms with Crippen LogP contribution in [0.25, 0.3) is 0 Å². The molecule has 0 aromatic heterocycles. The summed E-state index contributed by atoms with van der Waals surface area (Å²) in [4.78, 5) is 11.6. The minimum atomic E-state index is -0.835. The second kappa shape index (κ2) is 7.15. The quantitative estimate of drug-likeness (QED) is 0.516. The minimum Gasteiger partial charge on any atom is -0.490 e. The molecule has 7 heteroatoms. The van der Waals surface area contributed by atoms with Crippen LogP contribution in [0.4, 0.5) is 4.39 Å². The number of carbonyl (C=O) groups is 1. The number of ether oxygens (including phenoxy) is 3. The molecule has 0 aliphatic rings. The van der Waals surface area contributed by atoms with Crippen molar-refractivity contribution in [3.8, 4) is 17.2 Å². The summed E-state index contributed by atoms with van der Waals surface area (Å²) >= 11 is 7.74. The van der Waals surface area contributed by atoms with E-state index in [4.69, 9.17) is 21.1 Å². The molecule has 0 aliphatic carbocycles. The Balaban J connectivity index is 2.49. The van der Waals surface area contributed by atoms with Gasteiger partial charge in [0.25, 0.3) is 0 Å². The SMILES string of the molecule is COC(=O)c1cc(I)c(Oc2ccc(Cl)cc2)c(OC)c1F. The predicted octanol–water partition coefficient (Wildman–Crippen LogP) is 4.67. The van der Waals surface area contributed by atoms with Gasteiger partial charge in [-0.3, -0.25) is 0 Å². The van der Waals surface area contributed by atoms with E-state index in [2.05, 4.69) is 4.74 Å². The van der Waals surface area contributed by atoms with E-state index in [0.717, 1.165) is 0 Å². The van der Waals surface area contributed by atoms with Gasteiger partial charge in [-0.15, -0.1) is 0 Å². The molecule has 0 amide bonds. The monoisotopic (exact) mass is 436 g/mol. The molecule has 0 radical (unpaired) electrons. The number of methoxy groups -OCH3 is 2. The lowest BCUT2D eigenvalue weighted by molar-refractivity contribution is 0.0594.